The SMILES string of the molecule is CCNc1cccc2c1CCC=C2. The maximum Gasteiger partial charge on any atom is 0.0378 e. The van der Waals surface area contributed by atoms with Crippen LogP contribution in [0.3, 0.4) is 0 Å². The average molecular weight is 173 g/mol. The highest BCUT2D eigenvalue weighted by Crippen LogP contribution is 2.26. The first-order valence-electron chi connectivity index (χ1n) is 4.94. The Bertz CT molecular complexity index is 326. The van der Waals surface area contributed by atoms with Gasteiger partial charge in [0.05, 0.1) is 0 Å². The summed E-state index contributed by atoms with van der Waals surface area (Å²) in [6, 6.07) is 6.47. The summed E-state index contributed by atoms with van der Waals surface area (Å²) in [6.07, 6.45) is 6.82. The number of hydrogen-bond donors (Lipinski definition) is 1. The van der Waals surface area contributed by atoms with E-state index in [2.05, 4.69) is 42.6 Å². The molecule has 68 valence electrons. The number of allylic oxidation sites excluding steroid dienone is 1. The van der Waals surface area contributed by atoms with Gasteiger partial charge >= 0.3 is 0 Å². The van der Waals surface area contributed by atoms with Gasteiger partial charge in [-0.05, 0) is 37.0 Å². The Hall–Kier alpha value is -1.24. The number of nitrogens with one attached hydrogen (secondary N) is 1. The lowest BCUT2D eigenvalue weighted by molar-refractivity contribution is 0.982. The maximum atomic E-state index is 3.40. The van der Waals surface area contributed by atoms with Crippen molar-refractivity contribution in [2.24, 2.45) is 0 Å². The molecule has 0 bridgehead atoms. The Morgan fingerprint density at radius 1 is 1.38 bits per heavy atom. The third-order valence-electron chi connectivity index (χ3n) is 2.44. The van der Waals surface area contributed by atoms with Crippen molar-refractivity contribution < 1.29 is 0 Å². The average Bonchev–Trinajstić information content (AvgIpc) is 2.19. The summed E-state index contributed by atoms with van der Waals surface area (Å²) in [4.78, 5) is 0. The highest BCUT2D eigenvalue weighted by Gasteiger charge is 2.07. The van der Waals surface area contributed by atoms with Crippen LogP contribution in [0.4, 0.5) is 5.69 Å². The van der Waals surface area contributed by atoms with Crippen LogP contribution in [0.1, 0.15) is 24.5 Å². The summed E-state index contributed by atoms with van der Waals surface area (Å²) < 4.78 is 0. The summed E-state index contributed by atoms with van der Waals surface area (Å²) >= 11 is 0. The summed E-state index contributed by atoms with van der Waals surface area (Å²) in [5, 5.41) is 3.40. The van der Waals surface area contributed by atoms with Crippen LogP contribution in [0, 0.1) is 0 Å². The van der Waals surface area contributed by atoms with Gasteiger partial charge in [-0.2, -0.15) is 0 Å². The zero-order valence-electron chi connectivity index (χ0n) is 8.01. The van der Waals surface area contributed by atoms with Crippen molar-refractivity contribution in [3.05, 3.63) is 35.4 Å². The van der Waals surface area contributed by atoms with Crippen LogP contribution in [0.15, 0.2) is 24.3 Å². The van der Waals surface area contributed by atoms with E-state index in [1.807, 2.05) is 0 Å². The molecule has 1 aliphatic rings. The molecule has 0 radical (unpaired) electrons. The molecule has 0 unspecified atom stereocenters. The van der Waals surface area contributed by atoms with E-state index in [1.165, 1.54) is 29.7 Å². The standard InChI is InChI=1S/C12H15N/c1-2-13-12-9-5-7-10-6-3-4-8-11(10)12/h3,5-7,9,13H,2,4,8H2,1H3. The van der Waals surface area contributed by atoms with Crippen molar-refractivity contribution in [3.8, 4) is 0 Å². The van der Waals surface area contributed by atoms with Crippen LogP contribution in [-0.4, -0.2) is 6.54 Å². The van der Waals surface area contributed by atoms with Gasteiger partial charge < -0.3 is 5.32 Å². The molecule has 1 heteroatoms. The van der Waals surface area contributed by atoms with E-state index in [9.17, 15) is 0 Å². The lowest BCUT2D eigenvalue weighted by Crippen LogP contribution is -2.03. The lowest BCUT2D eigenvalue weighted by Gasteiger charge is -2.15. The normalized spacial score (nSPS) is 13.9. The fraction of sp³-hybridized carbons (Fsp3) is 0.333. The zero-order chi connectivity index (χ0) is 9.10. The van der Waals surface area contributed by atoms with Gasteiger partial charge in [-0.3, -0.25) is 0 Å². The molecule has 13 heavy (non-hydrogen) atoms. The molecule has 0 spiro atoms. The largest absolute Gasteiger partial charge is 0.385 e. The van der Waals surface area contributed by atoms with E-state index in [0.717, 1.165) is 6.54 Å². The Balaban J connectivity index is 2.41. The predicted molar refractivity (Wildman–Crippen MR) is 58.0 cm³/mol. The molecule has 0 aromatic heterocycles. The van der Waals surface area contributed by atoms with Crippen LogP contribution in [-0.2, 0) is 6.42 Å². The maximum absolute atomic E-state index is 3.40. The van der Waals surface area contributed by atoms with E-state index in [4.69, 9.17) is 0 Å². The van der Waals surface area contributed by atoms with Gasteiger partial charge in [-0.25, -0.2) is 0 Å². The number of fused-ring (bicyclic) bond motifs is 1. The molecule has 1 nitrogen and oxygen atoms in total. The van der Waals surface area contributed by atoms with Crippen molar-refractivity contribution in [3.63, 3.8) is 0 Å². The first-order valence-corrected chi connectivity index (χ1v) is 4.94. The van der Waals surface area contributed by atoms with Gasteiger partial charge in [0.1, 0.15) is 0 Å². The van der Waals surface area contributed by atoms with Crippen molar-refractivity contribution in [1.82, 2.24) is 0 Å². The number of benzene rings is 1. The van der Waals surface area contributed by atoms with Crippen LogP contribution in [0.2, 0.25) is 0 Å². The summed E-state index contributed by atoms with van der Waals surface area (Å²) in [5.74, 6) is 0. The molecule has 1 N–H and O–H groups in total. The predicted octanol–water partition coefficient (Wildman–Crippen LogP) is 3.08. The van der Waals surface area contributed by atoms with E-state index >= 15 is 0 Å². The topological polar surface area (TPSA) is 12.0 Å². The summed E-state index contributed by atoms with van der Waals surface area (Å²) in [7, 11) is 0. The molecule has 0 saturated carbocycles. The highest BCUT2D eigenvalue weighted by molar-refractivity contribution is 5.66. The zero-order valence-corrected chi connectivity index (χ0v) is 8.01. The van der Waals surface area contributed by atoms with Crippen LogP contribution < -0.4 is 5.32 Å². The van der Waals surface area contributed by atoms with Crippen molar-refractivity contribution in [1.29, 1.82) is 0 Å². The van der Waals surface area contributed by atoms with E-state index < -0.39 is 0 Å². The highest BCUT2D eigenvalue weighted by atomic mass is 14.9. The molecule has 0 fully saturated rings. The Kier molecular flexibility index (Phi) is 2.35. The van der Waals surface area contributed by atoms with Gasteiger partial charge in [0, 0.05) is 12.2 Å². The minimum absolute atomic E-state index is 1.00. The molecule has 1 aromatic rings. The fourth-order valence-corrected chi connectivity index (χ4v) is 1.83. The molecule has 1 aromatic carbocycles. The second kappa shape index (κ2) is 3.65. The van der Waals surface area contributed by atoms with Crippen LogP contribution >= 0.6 is 0 Å². The molecule has 0 atom stereocenters. The summed E-state index contributed by atoms with van der Waals surface area (Å²) in [5.41, 5.74) is 4.17. The second-order valence-corrected chi connectivity index (χ2v) is 3.34. The molecule has 0 amide bonds. The molecule has 0 aliphatic heterocycles. The van der Waals surface area contributed by atoms with Gasteiger partial charge in [0.15, 0.2) is 0 Å². The number of rotatable bonds is 2. The van der Waals surface area contributed by atoms with Gasteiger partial charge in [0.25, 0.3) is 0 Å². The minimum atomic E-state index is 1.00. The van der Waals surface area contributed by atoms with Gasteiger partial charge in [0.2, 0.25) is 0 Å². The van der Waals surface area contributed by atoms with E-state index in [1.54, 1.807) is 0 Å². The first kappa shape index (κ1) is 8.36. The molecule has 0 saturated heterocycles. The third-order valence-corrected chi connectivity index (χ3v) is 2.44. The number of anilines is 1. The Morgan fingerprint density at radius 3 is 3.15 bits per heavy atom. The van der Waals surface area contributed by atoms with E-state index in [-0.39, 0.29) is 0 Å². The van der Waals surface area contributed by atoms with Crippen molar-refractivity contribution in [2.45, 2.75) is 19.8 Å². The Labute approximate surface area is 79.5 Å². The molecular formula is C12H15N. The molecule has 2 rings (SSSR count). The van der Waals surface area contributed by atoms with Gasteiger partial charge in [-0.1, -0.05) is 24.3 Å². The third kappa shape index (κ3) is 1.59. The Morgan fingerprint density at radius 2 is 2.31 bits per heavy atom. The smallest absolute Gasteiger partial charge is 0.0378 e. The molecular weight excluding hydrogens is 158 g/mol. The molecule has 0 heterocycles. The fourth-order valence-electron chi connectivity index (χ4n) is 1.83. The minimum Gasteiger partial charge on any atom is -0.385 e. The first-order chi connectivity index (χ1) is 6.42. The number of hydrogen-bond acceptors (Lipinski definition) is 1. The van der Waals surface area contributed by atoms with Gasteiger partial charge in [-0.15, -0.1) is 0 Å². The monoisotopic (exact) mass is 173 g/mol. The van der Waals surface area contributed by atoms with Crippen molar-refractivity contribution >= 4 is 11.8 Å². The summed E-state index contributed by atoms with van der Waals surface area (Å²) in [6.45, 7) is 3.14. The van der Waals surface area contributed by atoms with Crippen molar-refractivity contribution in [2.75, 3.05) is 11.9 Å². The van der Waals surface area contributed by atoms with Crippen LogP contribution in [0.5, 0.6) is 0 Å². The van der Waals surface area contributed by atoms with Crippen LogP contribution in [0.25, 0.3) is 6.08 Å². The lowest BCUT2D eigenvalue weighted by atomic mass is 9.96. The van der Waals surface area contributed by atoms with E-state index in [0.29, 0.717) is 0 Å². The quantitative estimate of drug-likeness (QED) is 0.724. The molecule has 1 aliphatic carbocycles. The second-order valence-electron chi connectivity index (χ2n) is 3.34.